The third-order valence-electron chi connectivity index (χ3n) is 3.48. The molecule has 2 rings (SSSR count). The van der Waals surface area contributed by atoms with Gasteiger partial charge in [-0.2, -0.15) is 0 Å². The monoisotopic (exact) mass is 211 g/mol. The summed E-state index contributed by atoms with van der Waals surface area (Å²) in [7, 11) is 0. The summed E-state index contributed by atoms with van der Waals surface area (Å²) in [5.74, 6) is 0.324. The minimum atomic E-state index is -0.103. The Bertz CT molecular complexity index is 269. The van der Waals surface area contributed by atoms with Gasteiger partial charge in [0.15, 0.2) is 0 Å². The van der Waals surface area contributed by atoms with Crippen LogP contribution >= 0.6 is 0 Å². The molecule has 2 aliphatic rings. The van der Waals surface area contributed by atoms with Crippen molar-refractivity contribution in [1.82, 2.24) is 4.90 Å². The molecule has 0 radical (unpaired) electrons. The van der Waals surface area contributed by atoms with Crippen LogP contribution in [0.25, 0.3) is 0 Å². The molecule has 15 heavy (non-hydrogen) atoms. The highest BCUT2D eigenvalue weighted by Gasteiger charge is 2.48. The molecule has 0 bridgehead atoms. The van der Waals surface area contributed by atoms with Crippen molar-refractivity contribution in [2.24, 2.45) is 0 Å². The highest BCUT2D eigenvalue weighted by Crippen LogP contribution is 2.40. The first kappa shape index (κ1) is 10.9. The van der Waals surface area contributed by atoms with Gasteiger partial charge in [0.1, 0.15) is 0 Å². The van der Waals surface area contributed by atoms with Crippen LogP contribution in [0.1, 0.15) is 46.5 Å². The third kappa shape index (κ3) is 2.03. The van der Waals surface area contributed by atoms with Crippen LogP contribution in [0.15, 0.2) is 0 Å². The largest absolute Gasteiger partial charge is 0.373 e. The standard InChI is InChI=1S/C12H21NO2/c1-11(2,3)15-9-12-6-4-8-13(12)10(14)5-7-12/h4-9H2,1-3H3/t12-/m1/s1. The quantitative estimate of drug-likeness (QED) is 0.698. The molecule has 0 aliphatic carbocycles. The van der Waals surface area contributed by atoms with Gasteiger partial charge in [-0.25, -0.2) is 0 Å². The molecular weight excluding hydrogens is 190 g/mol. The number of fused-ring (bicyclic) bond motifs is 1. The molecule has 2 saturated heterocycles. The Balaban J connectivity index is 2.03. The maximum Gasteiger partial charge on any atom is 0.223 e. The maximum absolute atomic E-state index is 11.7. The molecule has 0 N–H and O–H groups in total. The van der Waals surface area contributed by atoms with E-state index in [0.29, 0.717) is 18.9 Å². The number of ether oxygens (including phenoxy) is 1. The van der Waals surface area contributed by atoms with E-state index in [1.807, 2.05) is 0 Å². The maximum atomic E-state index is 11.7. The predicted molar refractivity (Wildman–Crippen MR) is 58.6 cm³/mol. The number of hydrogen-bond acceptors (Lipinski definition) is 2. The zero-order valence-electron chi connectivity index (χ0n) is 10.0. The van der Waals surface area contributed by atoms with Crippen LogP contribution < -0.4 is 0 Å². The number of carbonyl (C=O) groups excluding carboxylic acids is 1. The predicted octanol–water partition coefficient (Wildman–Crippen LogP) is 1.96. The topological polar surface area (TPSA) is 29.5 Å². The Labute approximate surface area is 91.8 Å². The smallest absolute Gasteiger partial charge is 0.223 e. The molecule has 0 spiro atoms. The number of hydrogen-bond donors (Lipinski definition) is 0. The van der Waals surface area contributed by atoms with Gasteiger partial charge < -0.3 is 9.64 Å². The molecule has 1 atom stereocenters. The van der Waals surface area contributed by atoms with Gasteiger partial charge >= 0.3 is 0 Å². The third-order valence-corrected chi connectivity index (χ3v) is 3.48. The average Bonchev–Trinajstić information content (AvgIpc) is 2.64. The van der Waals surface area contributed by atoms with Gasteiger partial charge in [0, 0.05) is 13.0 Å². The van der Waals surface area contributed by atoms with Crippen molar-refractivity contribution in [2.45, 2.75) is 57.6 Å². The van der Waals surface area contributed by atoms with Crippen molar-refractivity contribution in [1.29, 1.82) is 0 Å². The second-order valence-electron chi connectivity index (χ2n) is 5.77. The molecule has 86 valence electrons. The van der Waals surface area contributed by atoms with Crippen LogP contribution in [0.2, 0.25) is 0 Å². The van der Waals surface area contributed by atoms with Crippen LogP contribution in [-0.2, 0) is 9.53 Å². The number of carbonyl (C=O) groups is 1. The van der Waals surface area contributed by atoms with Crippen LogP contribution in [0.3, 0.4) is 0 Å². The Kier molecular flexibility index (Phi) is 2.53. The molecule has 2 aliphatic heterocycles. The Hall–Kier alpha value is -0.570. The number of nitrogens with zero attached hydrogens (tertiary/aromatic N) is 1. The summed E-state index contributed by atoms with van der Waals surface area (Å²) in [4.78, 5) is 13.7. The number of amides is 1. The molecule has 0 aromatic rings. The number of rotatable bonds is 2. The van der Waals surface area contributed by atoms with Gasteiger partial charge in [-0.3, -0.25) is 4.79 Å². The fourth-order valence-corrected chi connectivity index (χ4v) is 2.64. The minimum Gasteiger partial charge on any atom is -0.373 e. The van der Waals surface area contributed by atoms with E-state index in [-0.39, 0.29) is 11.1 Å². The summed E-state index contributed by atoms with van der Waals surface area (Å²) in [6.45, 7) is 7.85. The first-order valence-corrected chi connectivity index (χ1v) is 5.87. The van der Waals surface area contributed by atoms with Crippen molar-refractivity contribution in [3.8, 4) is 0 Å². The Morgan fingerprint density at radius 3 is 2.80 bits per heavy atom. The highest BCUT2D eigenvalue weighted by atomic mass is 16.5. The lowest BCUT2D eigenvalue weighted by Crippen LogP contribution is -2.45. The van der Waals surface area contributed by atoms with Crippen molar-refractivity contribution in [3.63, 3.8) is 0 Å². The average molecular weight is 211 g/mol. The van der Waals surface area contributed by atoms with E-state index in [2.05, 4.69) is 25.7 Å². The molecule has 3 nitrogen and oxygen atoms in total. The summed E-state index contributed by atoms with van der Waals surface area (Å²) in [6.07, 6.45) is 3.96. The van der Waals surface area contributed by atoms with E-state index in [1.165, 1.54) is 0 Å². The van der Waals surface area contributed by atoms with Gasteiger partial charge in [-0.05, 0) is 40.0 Å². The van der Waals surface area contributed by atoms with Gasteiger partial charge in [0.05, 0.1) is 17.7 Å². The molecule has 1 amide bonds. The lowest BCUT2D eigenvalue weighted by atomic mass is 9.95. The van der Waals surface area contributed by atoms with Crippen LogP contribution in [0.5, 0.6) is 0 Å². The SMILES string of the molecule is CC(C)(C)OC[C@]12CCCN1C(=O)CC2. The molecule has 3 heteroatoms. The van der Waals surface area contributed by atoms with E-state index < -0.39 is 0 Å². The van der Waals surface area contributed by atoms with Gasteiger partial charge in [0.2, 0.25) is 5.91 Å². The first-order chi connectivity index (χ1) is 6.93. The fraction of sp³-hybridized carbons (Fsp3) is 0.917. The zero-order valence-corrected chi connectivity index (χ0v) is 10.0. The lowest BCUT2D eigenvalue weighted by molar-refractivity contribution is -0.132. The van der Waals surface area contributed by atoms with Crippen LogP contribution in [0.4, 0.5) is 0 Å². The minimum absolute atomic E-state index is 0.0460. The van der Waals surface area contributed by atoms with E-state index in [9.17, 15) is 4.79 Å². The second kappa shape index (κ2) is 3.48. The van der Waals surface area contributed by atoms with Crippen molar-refractivity contribution < 1.29 is 9.53 Å². The summed E-state index contributed by atoms with van der Waals surface area (Å²) >= 11 is 0. The molecule has 0 aromatic heterocycles. The lowest BCUT2D eigenvalue weighted by Gasteiger charge is -2.34. The summed E-state index contributed by atoms with van der Waals surface area (Å²) in [5, 5.41) is 0. The van der Waals surface area contributed by atoms with Crippen molar-refractivity contribution in [3.05, 3.63) is 0 Å². The van der Waals surface area contributed by atoms with Gasteiger partial charge in [-0.1, -0.05) is 0 Å². The van der Waals surface area contributed by atoms with Gasteiger partial charge in [-0.15, -0.1) is 0 Å². The van der Waals surface area contributed by atoms with E-state index >= 15 is 0 Å². The normalized spacial score (nSPS) is 31.1. The molecule has 0 aromatic carbocycles. The summed E-state index contributed by atoms with van der Waals surface area (Å²) in [5.41, 5.74) is -0.0565. The van der Waals surface area contributed by atoms with E-state index in [0.717, 1.165) is 25.8 Å². The summed E-state index contributed by atoms with van der Waals surface area (Å²) < 4.78 is 5.87. The van der Waals surface area contributed by atoms with Crippen molar-refractivity contribution >= 4 is 5.91 Å². The molecule has 0 saturated carbocycles. The van der Waals surface area contributed by atoms with E-state index in [1.54, 1.807) is 0 Å². The van der Waals surface area contributed by atoms with Crippen LogP contribution in [-0.4, -0.2) is 35.1 Å². The highest BCUT2D eigenvalue weighted by molar-refractivity contribution is 5.80. The second-order valence-corrected chi connectivity index (χ2v) is 5.77. The Morgan fingerprint density at radius 1 is 1.40 bits per heavy atom. The molecule has 2 heterocycles. The zero-order chi connectivity index (χ0) is 11.1. The van der Waals surface area contributed by atoms with Gasteiger partial charge in [0.25, 0.3) is 0 Å². The van der Waals surface area contributed by atoms with E-state index in [4.69, 9.17) is 4.74 Å². The summed E-state index contributed by atoms with van der Waals surface area (Å²) in [6, 6.07) is 0. The van der Waals surface area contributed by atoms with Crippen LogP contribution in [0, 0.1) is 0 Å². The molecule has 0 unspecified atom stereocenters. The van der Waals surface area contributed by atoms with Crippen molar-refractivity contribution in [2.75, 3.05) is 13.2 Å². The molecular formula is C12H21NO2. The first-order valence-electron chi connectivity index (χ1n) is 5.87. The Morgan fingerprint density at radius 2 is 2.13 bits per heavy atom. The molecule has 2 fully saturated rings. The fourth-order valence-electron chi connectivity index (χ4n) is 2.64.